The molecule has 0 unspecified atom stereocenters. The number of hydrogen-bond donors (Lipinski definition) is 2. The van der Waals surface area contributed by atoms with Gasteiger partial charge in [0.25, 0.3) is 5.69 Å². The summed E-state index contributed by atoms with van der Waals surface area (Å²) in [6, 6.07) is 12.4. The van der Waals surface area contributed by atoms with Crippen LogP contribution in [0.25, 0.3) is 0 Å². The summed E-state index contributed by atoms with van der Waals surface area (Å²) in [6.07, 6.45) is 1.10. The molecule has 26 heavy (non-hydrogen) atoms. The fourth-order valence-corrected chi connectivity index (χ4v) is 1.96. The SMILES string of the molecule is CCOc1ccc(NC(=O)C(=O)NN=Cc2ccccc2[N+](=O)[O-])cc1. The number of nitro benzene ring substituents is 1. The van der Waals surface area contributed by atoms with Crippen molar-refractivity contribution in [3.8, 4) is 5.75 Å². The number of benzene rings is 2. The van der Waals surface area contributed by atoms with Crippen LogP contribution in [0.1, 0.15) is 12.5 Å². The van der Waals surface area contributed by atoms with Crippen molar-refractivity contribution in [1.82, 2.24) is 5.43 Å². The van der Waals surface area contributed by atoms with Gasteiger partial charge in [-0.3, -0.25) is 19.7 Å². The molecule has 0 aliphatic rings. The summed E-state index contributed by atoms with van der Waals surface area (Å²) in [6.45, 7) is 2.37. The van der Waals surface area contributed by atoms with Gasteiger partial charge >= 0.3 is 11.8 Å². The first-order chi connectivity index (χ1) is 12.5. The Morgan fingerprint density at radius 3 is 2.50 bits per heavy atom. The highest BCUT2D eigenvalue weighted by Gasteiger charge is 2.14. The highest BCUT2D eigenvalue weighted by atomic mass is 16.6. The van der Waals surface area contributed by atoms with Gasteiger partial charge in [-0.2, -0.15) is 5.10 Å². The average Bonchev–Trinajstić information content (AvgIpc) is 2.63. The van der Waals surface area contributed by atoms with Crippen molar-refractivity contribution >= 4 is 29.4 Å². The predicted molar refractivity (Wildman–Crippen MR) is 95.1 cm³/mol. The van der Waals surface area contributed by atoms with Crippen LogP contribution in [0.4, 0.5) is 11.4 Å². The Kier molecular flexibility index (Phi) is 6.38. The van der Waals surface area contributed by atoms with E-state index >= 15 is 0 Å². The number of nitro groups is 1. The van der Waals surface area contributed by atoms with E-state index in [9.17, 15) is 19.7 Å². The maximum Gasteiger partial charge on any atom is 0.329 e. The Morgan fingerprint density at radius 2 is 1.85 bits per heavy atom. The first kappa shape index (κ1) is 18.6. The third-order valence-corrected chi connectivity index (χ3v) is 3.13. The Labute approximate surface area is 148 Å². The number of hydrazone groups is 1. The van der Waals surface area contributed by atoms with Gasteiger partial charge in [0, 0.05) is 11.8 Å². The van der Waals surface area contributed by atoms with Crippen LogP contribution in [0.2, 0.25) is 0 Å². The fraction of sp³-hybridized carbons (Fsp3) is 0.118. The number of carbonyl (C=O) groups excluding carboxylic acids is 2. The van der Waals surface area contributed by atoms with Crippen LogP contribution in [0.3, 0.4) is 0 Å². The second kappa shape index (κ2) is 8.92. The van der Waals surface area contributed by atoms with Gasteiger partial charge in [0.15, 0.2) is 0 Å². The average molecular weight is 356 g/mol. The van der Waals surface area contributed by atoms with Crippen molar-refractivity contribution in [3.63, 3.8) is 0 Å². The van der Waals surface area contributed by atoms with E-state index in [0.29, 0.717) is 18.0 Å². The van der Waals surface area contributed by atoms with Crippen molar-refractivity contribution < 1.29 is 19.2 Å². The molecule has 2 N–H and O–H groups in total. The Hall–Kier alpha value is -3.75. The summed E-state index contributed by atoms with van der Waals surface area (Å²) in [7, 11) is 0. The van der Waals surface area contributed by atoms with Gasteiger partial charge in [-0.05, 0) is 37.3 Å². The molecule has 2 aromatic rings. The molecule has 0 heterocycles. The second-order valence-corrected chi connectivity index (χ2v) is 4.93. The van der Waals surface area contributed by atoms with E-state index in [1.54, 1.807) is 30.3 Å². The lowest BCUT2D eigenvalue weighted by atomic mass is 10.2. The highest BCUT2D eigenvalue weighted by Crippen LogP contribution is 2.16. The number of nitrogens with one attached hydrogen (secondary N) is 2. The standard InChI is InChI=1S/C17H16N4O5/c1-2-26-14-9-7-13(8-10-14)19-16(22)17(23)20-18-11-12-5-3-4-6-15(12)21(24)25/h3-11H,2H2,1H3,(H,19,22)(H,20,23). The number of ether oxygens (including phenoxy) is 1. The van der Waals surface area contributed by atoms with Crippen molar-refractivity contribution in [2.75, 3.05) is 11.9 Å². The van der Waals surface area contributed by atoms with E-state index in [1.807, 2.05) is 12.3 Å². The summed E-state index contributed by atoms with van der Waals surface area (Å²) in [5, 5.41) is 16.9. The Morgan fingerprint density at radius 1 is 1.15 bits per heavy atom. The lowest BCUT2D eigenvalue weighted by Gasteiger charge is -2.06. The predicted octanol–water partition coefficient (Wildman–Crippen LogP) is 2.08. The fourth-order valence-electron chi connectivity index (χ4n) is 1.96. The molecule has 134 valence electrons. The van der Waals surface area contributed by atoms with Gasteiger partial charge in [0.05, 0.1) is 23.3 Å². The summed E-state index contributed by atoms with van der Waals surface area (Å²) in [5.41, 5.74) is 2.47. The zero-order valence-corrected chi connectivity index (χ0v) is 13.8. The highest BCUT2D eigenvalue weighted by molar-refractivity contribution is 6.39. The zero-order valence-electron chi connectivity index (χ0n) is 13.8. The topological polar surface area (TPSA) is 123 Å². The van der Waals surface area contributed by atoms with Crippen LogP contribution in [-0.2, 0) is 9.59 Å². The van der Waals surface area contributed by atoms with Gasteiger partial charge in [-0.15, -0.1) is 0 Å². The maximum absolute atomic E-state index is 11.8. The molecule has 0 bridgehead atoms. The summed E-state index contributed by atoms with van der Waals surface area (Å²) >= 11 is 0. The van der Waals surface area contributed by atoms with E-state index in [4.69, 9.17) is 4.74 Å². The first-order valence-corrected chi connectivity index (χ1v) is 7.62. The Balaban J connectivity index is 1.93. The van der Waals surface area contributed by atoms with E-state index in [2.05, 4.69) is 10.4 Å². The minimum Gasteiger partial charge on any atom is -0.494 e. The van der Waals surface area contributed by atoms with Crippen LogP contribution < -0.4 is 15.5 Å². The molecule has 2 amide bonds. The molecule has 0 saturated carbocycles. The molecule has 9 heteroatoms. The molecule has 2 rings (SSSR count). The minimum absolute atomic E-state index is 0.163. The summed E-state index contributed by atoms with van der Waals surface area (Å²) in [5.74, 6) is -1.29. The number of nitrogens with zero attached hydrogens (tertiary/aromatic N) is 2. The van der Waals surface area contributed by atoms with Crippen LogP contribution in [0, 0.1) is 10.1 Å². The van der Waals surface area contributed by atoms with Crippen molar-refractivity contribution in [2.45, 2.75) is 6.92 Å². The van der Waals surface area contributed by atoms with Crippen LogP contribution in [-0.4, -0.2) is 29.6 Å². The van der Waals surface area contributed by atoms with Crippen molar-refractivity contribution in [2.24, 2.45) is 5.10 Å². The largest absolute Gasteiger partial charge is 0.494 e. The minimum atomic E-state index is -1.01. The van der Waals surface area contributed by atoms with Gasteiger partial charge in [-0.25, -0.2) is 5.43 Å². The van der Waals surface area contributed by atoms with Gasteiger partial charge in [0.1, 0.15) is 5.75 Å². The van der Waals surface area contributed by atoms with Crippen molar-refractivity contribution in [3.05, 3.63) is 64.2 Å². The van der Waals surface area contributed by atoms with Crippen molar-refractivity contribution in [1.29, 1.82) is 0 Å². The number of rotatable bonds is 6. The number of para-hydroxylation sites is 1. The van der Waals surface area contributed by atoms with Gasteiger partial charge in [0.2, 0.25) is 0 Å². The molecular weight excluding hydrogens is 340 g/mol. The van der Waals surface area contributed by atoms with Gasteiger partial charge in [-0.1, -0.05) is 12.1 Å². The molecule has 0 saturated heterocycles. The zero-order chi connectivity index (χ0) is 18.9. The number of carbonyl (C=O) groups is 2. The molecule has 0 fully saturated rings. The smallest absolute Gasteiger partial charge is 0.329 e. The van der Waals surface area contributed by atoms with E-state index in [-0.39, 0.29) is 11.3 Å². The van der Waals surface area contributed by atoms with E-state index < -0.39 is 16.7 Å². The van der Waals surface area contributed by atoms with Crippen LogP contribution in [0.5, 0.6) is 5.75 Å². The lowest BCUT2D eigenvalue weighted by Crippen LogP contribution is -2.32. The molecule has 0 aromatic heterocycles. The first-order valence-electron chi connectivity index (χ1n) is 7.62. The lowest BCUT2D eigenvalue weighted by molar-refractivity contribution is -0.385. The third-order valence-electron chi connectivity index (χ3n) is 3.13. The number of anilines is 1. The molecule has 0 spiro atoms. The molecule has 2 aromatic carbocycles. The molecule has 0 atom stereocenters. The number of amides is 2. The third kappa shape index (κ3) is 5.13. The normalized spacial score (nSPS) is 10.3. The molecular formula is C17H16N4O5. The summed E-state index contributed by atoms with van der Waals surface area (Å²) in [4.78, 5) is 33.8. The second-order valence-electron chi connectivity index (χ2n) is 4.93. The van der Waals surface area contributed by atoms with Gasteiger partial charge < -0.3 is 10.1 Å². The molecule has 0 radical (unpaired) electrons. The molecule has 0 aliphatic heterocycles. The van der Waals surface area contributed by atoms with Crippen LogP contribution in [0.15, 0.2) is 53.6 Å². The monoisotopic (exact) mass is 356 g/mol. The van der Waals surface area contributed by atoms with Crippen LogP contribution >= 0.6 is 0 Å². The maximum atomic E-state index is 11.8. The number of hydrogen-bond acceptors (Lipinski definition) is 6. The summed E-state index contributed by atoms with van der Waals surface area (Å²) < 4.78 is 5.28. The quantitative estimate of drug-likeness (QED) is 0.355. The molecule has 0 aliphatic carbocycles. The Bertz CT molecular complexity index is 833. The van der Waals surface area contributed by atoms with E-state index in [0.717, 1.165) is 6.21 Å². The van der Waals surface area contributed by atoms with E-state index in [1.165, 1.54) is 18.2 Å². The molecule has 9 nitrogen and oxygen atoms in total.